The van der Waals surface area contributed by atoms with Crippen LogP contribution in [0.3, 0.4) is 0 Å². The van der Waals surface area contributed by atoms with Gasteiger partial charge in [0.1, 0.15) is 11.6 Å². The minimum Gasteiger partial charge on any atom is -0.342 e. The first-order valence-corrected chi connectivity index (χ1v) is 11.4. The van der Waals surface area contributed by atoms with Gasteiger partial charge in [-0.3, -0.25) is 9.59 Å². The highest BCUT2D eigenvalue weighted by Crippen LogP contribution is 2.28. The smallest absolute Gasteiger partial charge is 0.281 e. The van der Waals surface area contributed by atoms with E-state index in [1.807, 2.05) is 42.2 Å². The average Bonchev–Trinajstić information content (AvgIpc) is 3.28. The van der Waals surface area contributed by atoms with E-state index in [2.05, 4.69) is 20.3 Å². The summed E-state index contributed by atoms with van der Waals surface area (Å²) < 4.78 is 15.6. The van der Waals surface area contributed by atoms with Gasteiger partial charge < -0.3 is 9.88 Å². The van der Waals surface area contributed by atoms with E-state index in [9.17, 15) is 14.0 Å². The largest absolute Gasteiger partial charge is 0.342 e. The van der Waals surface area contributed by atoms with Crippen LogP contribution in [0, 0.1) is 5.82 Å². The van der Waals surface area contributed by atoms with Crippen molar-refractivity contribution in [2.45, 2.75) is 38.1 Å². The fourth-order valence-electron chi connectivity index (χ4n) is 4.50. The second-order valence-corrected chi connectivity index (χ2v) is 8.69. The normalized spacial score (nSPS) is 15.5. The SMILES string of the molecule is C[C@H](C(=O)N1CCC(c2nc3c(nnn3Cc3ccccc3F)c(=O)[nH]2)CC1)c1ccccc1. The molecule has 0 saturated carbocycles. The van der Waals surface area contributed by atoms with Crippen molar-refractivity contribution >= 4 is 17.1 Å². The molecule has 1 aliphatic rings. The van der Waals surface area contributed by atoms with E-state index in [1.54, 1.807) is 18.2 Å². The van der Waals surface area contributed by atoms with E-state index in [0.29, 0.717) is 43.0 Å². The number of amides is 1. The third-order valence-electron chi connectivity index (χ3n) is 6.53. The molecule has 5 rings (SSSR count). The monoisotopic (exact) mass is 460 g/mol. The molecule has 0 spiro atoms. The molecule has 1 amide bonds. The lowest BCUT2D eigenvalue weighted by atomic mass is 9.93. The molecule has 174 valence electrons. The Morgan fingerprint density at radius 3 is 2.56 bits per heavy atom. The summed E-state index contributed by atoms with van der Waals surface area (Å²) >= 11 is 0. The molecule has 0 bridgehead atoms. The molecule has 1 atom stereocenters. The van der Waals surface area contributed by atoms with Gasteiger partial charge in [0.05, 0.1) is 12.5 Å². The zero-order valence-electron chi connectivity index (χ0n) is 18.8. The molecule has 9 heteroatoms. The van der Waals surface area contributed by atoms with E-state index in [0.717, 1.165) is 5.56 Å². The number of hydrogen-bond acceptors (Lipinski definition) is 5. The number of carbonyl (C=O) groups is 1. The van der Waals surface area contributed by atoms with E-state index in [-0.39, 0.29) is 41.2 Å². The molecule has 1 fully saturated rings. The molecule has 2 aromatic carbocycles. The number of fused-ring (bicyclic) bond motifs is 1. The Bertz CT molecular complexity index is 1380. The summed E-state index contributed by atoms with van der Waals surface area (Å²) in [6.07, 6.45) is 1.38. The summed E-state index contributed by atoms with van der Waals surface area (Å²) in [5.74, 6) is 0.111. The number of nitrogens with one attached hydrogen (secondary N) is 1. The Morgan fingerprint density at radius 1 is 1.12 bits per heavy atom. The van der Waals surface area contributed by atoms with Crippen LogP contribution in [0.1, 0.15) is 48.6 Å². The van der Waals surface area contributed by atoms with Crippen LogP contribution in [-0.4, -0.2) is 48.9 Å². The predicted octanol–water partition coefficient (Wildman–Crippen LogP) is 3.21. The van der Waals surface area contributed by atoms with Crippen LogP contribution in [0.5, 0.6) is 0 Å². The first-order valence-electron chi connectivity index (χ1n) is 11.4. The Labute approximate surface area is 195 Å². The first-order chi connectivity index (χ1) is 16.5. The van der Waals surface area contributed by atoms with Crippen molar-refractivity contribution in [1.29, 1.82) is 0 Å². The van der Waals surface area contributed by atoms with Crippen LogP contribution in [0.4, 0.5) is 4.39 Å². The van der Waals surface area contributed by atoms with Crippen LogP contribution < -0.4 is 5.56 Å². The number of H-pyrrole nitrogens is 1. The zero-order chi connectivity index (χ0) is 23.7. The summed E-state index contributed by atoms with van der Waals surface area (Å²) in [6, 6.07) is 16.2. The number of rotatable bonds is 5. The highest BCUT2D eigenvalue weighted by Gasteiger charge is 2.29. The van der Waals surface area contributed by atoms with Gasteiger partial charge in [-0.05, 0) is 31.4 Å². The maximum Gasteiger partial charge on any atom is 0.281 e. The number of carbonyl (C=O) groups excluding carboxylic acids is 1. The molecule has 34 heavy (non-hydrogen) atoms. The number of likely N-dealkylation sites (tertiary alicyclic amines) is 1. The van der Waals surface area contributed by atoms with Crippen molar-refractivity contribution < 1.29 is 9.18 Å². The van der Waals surface area contributed by atoms with Crippen LogP contribution in [0.2, 0.25) is 0 Å². The molecule has 1 saturated heterocycles. The molecule has 0 aliphatic carbocycles. The third-order valence-corrected chi connectivity index (χ3v) is 6.53. The van der Waals surface area contributed by atoms with Crippen molar-refractivity contribution in [1.82, 2.24) is 29.9 Å². The van der Waals surface area contributed by atoms with Crippen LogP contribution in [-0.2, 0) is 11.3 Å². The van der Waals surface area contributed by atoms with Gasteiger partial charge in [-0.15, -0.1) is 5.10 Å². The van der Waals surface area contributed by atoms with Crippen molar-refractivity contribution in [3.8, 4) is 0 Å². The zero-order valence-corrected chi connectivity index (χ0v) is 18.8. The fraction of sp³-hybridized carbons (Fsp3) is 0.320. The minimum atomic E-state index is -0.365. The van der Waals surface area contributed by atoms with Gasteiger partial charge in [0.2, 0.25) is 5.91 Å². The Hall–Kier alpha value is -3.88. The standard InChI is InChI=1S/C25H25FN6O2/c1-16(17-7-3-2-4-8-17)25(34)31-13-11-18(12-14-31)22-27-23-21(24(33)28-22)29-30-32(23)15-19-9-5-6-10-20(19)26/h2-10,16,18H,11-15H2,1H3,(H,27,28,33)/t16-/m0/s1. The topological polar surface area (TPSA) is 96.8 Å². The maximum atomic E-state index is 14.1. The van der Waals surface area contributed by atoms with E-state index >= 15 is 0 Å². The summed E-state index contributed by atoms with van der Waals surface area (Å²) in [4.78, 5) is 35.0. The maximum absolute atomic E-state index is 14.1. The van der Waals surface area contributed by atoms with Crippen LogP contribution in [0.25, 0.3) is 11.2 Å². The molecule has 0 radical (unpaired) electrons. The van der Waals surface area contributed by atoms with E-state index in [1.165, 1.54) is 10.7 Å². The fourth-order valence-corrected chi connectivity index (χ4v) is 4.50. The van der Waals surface area contributed by atoms with Crippen LogP contribution in [0.15, 0.2) is 59.4 Å². The molecule has 2 aromatic heterocycles. The van der Waals surface area contributed by atoms with Gasteiger partial charge in [-0.2, -0.15) is 0 Å². The van der Waals surface area contributed by atoms with Crippen molar-refractivity contribution in [2.75, 3.05) is 13.1 Å². The molecule has 4 aromatic rings. The average molecular weight is 461 g/mol. The van der Waals surface area contributed by atoms with Crippen molar-refractivity contribution in [2.24, 2.45) is 0 Å². The predicted molar refractivity (Wildman–Crippen MR) is 125 cm³/mol. The number of benzene rings is 2. The van der Waals surface area contributed by atoms with Gasteiger partial charge in [0.25, 0.3) is 5.56 Å². The lowest BCUT2D eigenvalue weighted by Crippen LogP contribution is -2.40. The molecule has 1 N–H and O–H groups in total. The molecule has 3 heterocycles. The minimum absolute atomic E-state index is 0.00462. The number of hydrogen-bond donors (Lipinski definition) is 1. The number of halogens is 1. The number of aromatic nitrogens is 5. The highest BCUT2D eigenvalue weighted by molar-refractivity contribution is 5.83. The van der Waals surface area contributed by atoms with Crippen molar-refractivity contribution in [3.05, 3.63) is 87.7 Å². The summed E-state index contributed by atoms with van der Waals surface area (Å²) in [5, 5.41) is 7.97. The summed E-state index contributed by atoms with van der Waals surface area (Å²) in [7, 11) is 0. The Balaban J connectivity index is 1.33. The van der Waals surface area contributed by atoms with E-state index < -0.39 is 0 Å². The number of aromatic amines is 1. The molecule has 0 unspecified atom stereocenters. The Morgan fingerprint density at radius 2 is 1.82 bits per heavy atom. The van der Waals surface area contributed by atoms with Crippen molar-refractivity contribution in [3.63, 3.8) is 0 Å². The lowest BCUT2D eigenvalue weighted by molar-refractivity contribution is -0.133. The summed E-state index contributed by atoms with van der Waals surface area (Å²) in [5.41, 5.74) is 1.54. The van der Waals surface area contributed by atoms with Gasteiger partial charge in [-0.25, -0.2) is 14.1 Å². The second kappa shape index (κ2) is 9.17. The quantitative estimate of drug-likeness (QED) is 0.493. The molecule has 8 nitrogen and oxygen atoms in total. The summed E-state index contributed by atoms with van der Waals surface area (Å²) in [6.45, 7) is 3.24. The molecular formula is C25H25FN6O2. The molecular weight excluding hydrogens is 435 g/mol. The van der Waals surface area contributed by atoms with E-state index in [4.69, 9.17) is 0 Å². The third kappa shape index (κ3) is 4.21. The highest BCUT2D eigenvalue weighted by atomic mass is 19.1. The van der Waals surface area contributed by atoms with Gasteiger partial charge >= 0.3 is 0 Å². The van der Waals surface area contributed by atoms with Crippen LogP contribution >= 0.6 is 0 Å². The number of piperidine rings is 1. The second-order valence-electron chi connectivity index (χ2n) is 8.69. The van der Waals surface area contributed by atoms with Gasteiger partial charge in [0, 0.05) is 24.6 Å². The first kappa shape index (κ1) is 21.9. The van der Waals surface area contributed by atoms with Gasteiger partial charge in [-0.1, -0.05) is 53.7 Å². The molecule has 1 aliphatic heterocycles. The van der Waals surface area contributed by atoms with Gasteiger partial charge in [0.15, 0.2) is 11.2 Å². The number of nitrogens with zero attached hydrogens (tertiary/aromatic N) is 5. The lowest BCUT2D eigenvalue weighted by Gasteiger charge is -2.33. The Kier molecular flexibility index (Phi) is 5.91.